The Balaban J connectivity index is 2.26. The summed E-state index contributed by atoms with van der Waals surface area (Å²) in [6.07, 6.45) is -4.81. The summed E-state index contributed by atoms with van der Waals surface area (Å²) >= 11 is 0.811. The highest BCUT2D eigenvalue weighted by molar-refractivity contribution is 7.17. The number of aromatic carboxylic acids is 1. The van der Waals surface area contributed by atoms with Gasteiger partial charge in [-0.2, -0.15) is 0 Å². The second kappa shape index (κ2) is 6.79. The Labute approximate surface area is 136 Å². The van der Waals surface area contributed by atoms with Crippen molar-refractivity contribution < 1.29 is 42.4 Å². The van der Waals surface area contributed by atoms with Gasteiger partial charge in [-0.1, -0.05) is 0 Å². The second-order valence-electron chi connectivity index (χ2n) is 4.36. The van der Waals surface area contributed by atoms with E-state index in [1.807, 2.05) is 0 Å². The van der Waals surface area contributed by atoms with E-state index in [0.29, 0.717) is 10.4 Å². The number of ether oxygens (including phenoxy) is 2. The molecule has 128 valence electrons. The van der Waals surface area contributed by atoms with E-state index >= 15 is 0 Å². The Kier molecular flexibility index (Phi) is 4.98. The summed E-state index contributed by atoms with van der Waals surface area (Å²) < 4.78 is 45.0. The van der Waals surface area contributed by atoms with Crippen molar-refractivity contribution in [2.45, 2.75) is 6.36 Å². The monoisotopic (exact) mass is 362 g/mol. The van der Waals surface area contributed by atoms with E-state index in [0.717, 1.165) is 23.5 Å². The van der Waals surface area contributed by atoms with Crippen LogP contribution in [0.15, 0.2) is 30.3 Å². The molecular formula is C14H9F3O6S. The normalized spacial score (nSPS) is 11.1. The maximum atomic E-state index is 12.1. The van der Waals surface area contributed by atoms with Gasteiger partial charge in [-0.05, 0) is 35.9 Å². The van der Waals surface area contributed by atoms with Crippen molar-refractivity contribution in [1.82, 2.24) is 0 Å². The number of halogens is 3. The van der Waals surface area contributed by atoms with Crippen LogP contribution in [0.4, 0.5) is 13.2 Å². The third-order valence-corrected chi connectivity index (χ3v) is 3.77. The Bertz CT molecular complexity index is 751. The number of alkyl halides is 3. The van der Waals surface area contributed by atoms with E-state index in [9.17, 15) is 22.8 Å². The van der Waals surface area contributed by atoms with Crippen molar-refractivity contribution in [1.29, 1.82) is 0 Å². The zero-order valence-corrected chi connectivity index (χ0v) is 12.5. The van der Waals surface area contributed by atoms with Crippen molar-refractivity contribution in [3.63, 3.8) is 0 Å². The van der Waals surface area contributed by atoms with E-state index in [2.05, 4.69) is 4.74 Å². The third kappa shape index (κ3) is 4.62. The molecule has 1 heterocycles. The van der Waals surface area contributed by atoms with Gasteiger partial charge in [0.05, 0.1) is 0 Å². The molecular weight excluding hydrogens is 353 g/mol. The van der Waals surface area contributed by atoms with Crippen LogP contribution in [-0.2, 0) is 4.79 Å². The molecule has 10 heteroatoms. The van der Waals surface area contributed by atoms with Gasteiger partial charge in [-0.3, -0.25) is 0 Å². The van der Waals surface area contributed by atoms with Crippen LogP contribution in [0.2, 0.25) is 0 Å². The van der Waals surface area contributed by atoms with Crippen LogP contribution in [0.3, 0.4) is 0 Å². The minimum Gasteiger partial charge on any atom is -0.480 e. The van der Waals surface area contributed by atoms with Gasteiger partial charge in [0.1, 0.15) is 11.5 Å². The zero-order valence-electron chi connectivity index (χ0n) is 11.7. The van der Waals surface area contributed by atoms with Gasteiger partial charge in [0, 0.05) is 4.88 Å². The molecule has 6 nitrogen and oxygen atoms in total. The van der Waals surface area contributed by atoms with Crippen LogP contribution in [-0.4, -0.2) is 35.1 Å². The number of thiophene rings is 1. The summed E-state index contributed by atoms with van der Waals surface area (Å²) in [7, 11) is 0. The average molecular weight is 362 g/mol. The van der Waals surface area contributed by atoms with Crippen LogP contribution in [0.1, 0.15) is 9.67 Å². The summed E-state index contributed by atoms with van der Waals surface area (Å²) in [5.74, 6) is -3.11. The largest absolute Gasteiger partial charge is 0.573 e. The number of hydrogen-bond donors (Lipinski definition) is 2. The minimum atomic E-state index is -4.81. The number of rotatable bonds is 6. The predicted molar refractivity (Wildman–Crippen MR) is 76.5 cm³/mol. The summed E-state index contributed by atoms with van der Waals surface area (Å²) in [4.78, 5) is 21.9. The van der Waals surface area contributed by atoms with Gasteiger partial charge >= 0.3 is 18.3 Å². The van der Waals surface area contributed by atoms with Gasteiger partial charge in [-0.25, -0.2) is 9.59 Å². The van der Waals surface area contributed by atoms with Crippen molar-refractivity contribution >= 4 is 23.3 Å². The molecule has 0 spiro atoms. The molecule has 2 aromatic rings. The third-order valence-electron chi connectivity index (χ3n) is 2.62. The molecule has 0 bridgehead atoms. The van der Waals surface area contributed by atoms with Crippen LogP contribution in [0, 0.1) is 0 Å². The smallest absolute Gasteiger partial charge is 0.480 e. The maximum absolute atomic E-state index is 12.1. The number of hydrogen-bond acceptors (Lipinski definition) is 5. The maximum Gasteiger partial charge on any atom is 0.573 e. The highest BCUT2D eigenvalue weighted by Crippen LogP contribution is 2.37. The molecule has 2 rings (SSSR count). The van der Waals surface area contributed by atoms with Crippen molar-refractivity contribution in [2.75, 3.05) is 6.61 Å². The van der Waals surface area contributed by atoms with E-state index in [-0.39, 0.29) is 10.6 Å². The zero-order chi connectivity index (χ0) is 17.9. The lowest BCUT2D eigenvalue weighted by Crippen LogP contribution is -2.16. The van der Waals surface area contributed by atoms with Gasteiger partial charge < -0.3 is 19.7 Å². The molecule has 24 heavy (non-hydrogen) atoms. The molecule has 0 amide bonds. The topological polar surface area (TPSA) is 93.1 Å². The molecule has 1 aromatic heterocycles. The number of benzene rings is 1. The first-order valence-electron chi connectivity index (χ1n) is 6.23. The standard InChI is InChI=1S/C14H9F3O6S/c15-14(16,17)23-8-3-1-7(2-4-8)10-5-9(22-6-11(18)19)12(24-10)13(20)21/h1-5H,6H2,(H,18,19)(H,20,21). The van der Waals surface area contributed by atoms with E-state index in [1.165, 1.54) is 18.2 Å². The van der Waals surface area contributed by atoms with Crippen molar-refractivity contribution in [2.24, 2.45) is 0 Å². The highest BCUT2D eigenvalue weighted by atomic mass is 32.1. The lowest BCUT2D eigenvalue weighted by molar-refractivity contribution is -0.274. The van der Waals surface area contributed by atoms with Gasteiger partial charge in [-0.15, -0.1) is 24.5 Å². The molecule has 0 fully saturated rings. The first-order chi connectivity index (χ1) is 11.2. The Morgan fingerprint density at radius 1 is 1.12 bits per heavy atom. The quantitative estimate of drug-likeness (QED) is 0.817. The van der Waals surface area contributed by atoms with Crippen LogP contribution >= 0.6 is 11.3 Å². The molecule has 0 radical (unpaired) electrons. The lowest BCUT2D eigenvalue weighted by Gasteiger charge is -2.08. The number of carbonyl (C=O) groups is 2. The molecule has 0 saturated carbocycles. The average Bonchev–Trinajstić information content (AvgIpc) is 2.88. The molecule has 1 aromatic carbocycles. The summed E-state index contributed by atoms with van der Waals surface area (Å²) in [6, 6.07) is 6.12. The molecule has 0 unspecified atom stereocenters. The van der Waals surface area contributed by atoms with Gasteiger partial charge in [0.25, 0.3) is 0 Å². The fraction of sp³-hybridized carbons (Fsp3) is 0.143. The van der Waals surface area contributed by atoms with Gasteiger partial charge in [0.2, 0.25) is 0 Å². The Morgan fingerprint density at radius 2 is 1.75 bits per heavy atom. The molecule has 0 aliphatic heterocycles. The first kappa shape index (κ1) is 17.6. The fourth-order valence-electron chi connectivity index (χ4n) is 1.73. The summed E-state index contributed by atoms with van der Waals surface area (Å²) in [6.45, 7) is -0.713. The molecule has 2 N–H and O–H groups in total. The summed E-state index contributed by atoms with van der Waals surface area (Å²) in [5, 5.41) is 17.7. The van der Waals surface area contributed by atoms with Crippen molar-refractivity contribution in [3.05, 3.63) is 35.2 Å². The molecule has 0 aliphatic rings. The van der Waals surface area contributed by atoms with Gasteiger partial charge in [0.15, 0.2) is 11.5 Å². The Morgan fingerprint density at radius 3 is 2.25 bits per heavy atom. The highest BCUT2D eigenvalue weighted by Gasteiger charge is 2.31. The Hall–Kier alpha value is -2.75. The van der Waals surface area contributed by atoms with E-state index in [1.54, 1.807) is 0 Å². The van der Waals surface area contributed by atoms with E-state index < -0.39 is 30.7 Å². The SMILES string of the molecule is O=C(O)COc1cc(-c2ccc(OC(F)(F)F)cc2)sc1C(=O)O. The number of aliphatic carboxylic acids is 1. The second-order valence-corrected chi connectivity index (χ2v) is 5.42. The molecule has 0 aliphatic carbocycles. The minimum absolute atomic E-state index is 0.125. The summed E-state index contributed by atoms with van der Waals surface area (Å²) in [5.41, 5.74) is 0.433. The number of carboxylic acid groups (broad SMARTS) is 2. The fourth-order valence-corrected chi connectivity index (χ4v) is 2.68. The first-order valence-corrected chi connectivity index (χ1v) is 7.05. The molecule has 0 saturated heterocycles. The van der Waals surface area contributed by atoms with Crippen LogP contribution in [0.5, 0.6) is 11.5 Å². The van der Waals surface area contributed by atoms with Crippen LogP contribution < -0.4 is 9.47 Å². The lowest BCUT2D eigenvalue weighted by atomic mass is 10.2. The predicted octanol–water partition coefficient (Wildman–Crippen LogP) is 3.48. The molecule has 0 atom stereocenters. The van der Waals surface area contributed by atoms with E-state index in [4.69, 9.17) is 14.9 Å². The van der Waals surface area contributed by atoms with Crippen LogP contribution in [0.25, 0.3) is 10.4 Å². The number of carboxylic acids is 2. The van der Waals surface area contributed by atoms with Crippen molar-refractivity contribution in [3.8, 4) is 21.9 Å².